The molecule has 1 amide bonds. The van der Waals surface area contributed by atoms with Gasteiger partial charge in [0.15, 0.2) is 0 Å². The number of hydrogen-bond acceptors (Lipinski definition) is 3. The van der Waals surface area contributed by atoms with Gasteiger partial charge in [0.2, 0.25) is 5.91 Å². The van der Waals surface area contributed by atoms with Crippen LogP contribution in [0.5, 0.6) is 0 Å². The van der Waals surface area contributed by atoms with Crippen LogP contribution in [0.15, 0.2) is 36.7 Å². The summed E-state index contributed by atoms with van der Waals surface area (Å²) in [6.45, 7) is 0.916. The Hall–Kier alpha value is -2.40. The van der Waals surface area contributed by atoms with Crippen LogP contribution in [0.25, 0.3) is 0 Å². The lowest BCUT2D eigenvalue weighted by Crippen LogP contribution is -2.37. The largest absolute Gasteiger partial charge is 0.478 e. The van der Waals surface area contributed by atoms with Gasteiger partial charge < -0.3 is 10.0 Å². The van der Waals surface area contributed by atoms with Gasteiger partial charge >= 0.3 is 5.97 Å². The average Bonchev–Trinajstić information content (AvgIpc) is 2.55. The van der Waals surface area contributed by atoms with E-state index < -0.39 is 5.97 Å². The summed E-state index contributed by atoms with van der Waals surface area (Å²) in [4.78, 5) is 29.4. The lowest BCUT2D eigenvalue weighted by Gasteiger charge is -2.29. The van der Waals surface area contributed by atoms with Crippen LogP contribution in [-0.4, -0.2) is 33.4 Å². The van der Waals surface area contributed by atoms with Crippen LogP contribution in [0, 0.1) is 0 Å². The van der Waals surface area contributed by atoms with Gasteiger partial charge in [0.1, 0.15) is 0 Å². The minimum absolute atomic E-state index is 0.0127. The van der Waals surface area contributed by atoms with E-state index in [9.17, 15) is 14.7 Å². The topological polar surface area (TPSA) is 70.5 Å². The third-order valence-electron chi connectivity index (χ3n) is 3.99. The second-order valence-electron chi connectivity index (χ2n) is 5.50. The molecular formula is C17H15ClN2O3. The lowest BCUT2D eigenvalue weighted by atomic mass is 9.96. The first-order valence-corrected chi connectivity index (χ1v) is 7.63. The highest BCUT2D eigenvalue weighted by molar-refractivity contribution is 6.30. The van der Waals surface area contributed by atoms with Crippen LogP contribution >= 0.6 is 11.6 Å². The summed E-state index contributed by atoms with van der Waals surface area (Å²) >= 11 is 5.84. The highest BCUT2D eigenvalue weighted by Crippen LogP contribution is 2.22. The number of fused-ring (bicyclic) bond motifs is 1. The number of amides is 1. The number of carboxylic acid groups (broad SMARTS) is 1. The first-order valence-electron chi connectivity index (χ1n) is 7.26. The summed E-state index contributed by atoms with van der Waals surface area (Å²) in [6.07, 6.45) is 3.85. The van der Waals surface area contributed by atoms with Crippen LogP contribution in [-0.2, 0) is 24.2 Å². The van der Waals surface area contributed by atoms with Crippen molar-refractivity contribution in [1.29, 1.82) is 0 Å². The number of halogens is 1. The van der Waals surface area contributed by atoms with Crippen LogP contribution in [0.1, 0.15) is 27.0 Å². The molecule has 0 atom stereocenters. The first kappa shape index (κ1) is 15.5. The van der Waals surface area contributed by atoms with Crippen molar-refractivity contribution in [3.63, 3.8) is 0 Å². The van der Waals surface area contributed by atoms with Gasteiger partial charge in [-0.1, -0.05) is 23.7 Å². The third kappa shape index (κ3) is 3.35. The number of hydrogen-bond donors (Lipinski definition) is 1. The molecule has 0 radical (unpaired) electrons. The van der Waals surface area contributed by atoms with Crippen molar-refractivity contribution in [2.45, 2.75) is 19.4 Å². The van der Waals surface area contributed by atoms with Gasteiger partial charge in [-0.05, 0) is 35.2 Å². The molecule has 23 heavy (non-hydrogen) atoms. The second-order valence-corrected chi connectivity index (χ2v) is 5.93. The van der Waals surface area contributed by atoms with Gasteiger partial charge in [-0.2, -0.15) is 0 Å². The van der Waals surface area contributed by atoms with Crippen molar-refractivity contribution in [2.75, 3.05) is 6.54 Å². The predicted octanol–water partition coefficient (Wildman–Crippen LogP) is 2.56. The molecular weight excluding hydrogens is 316 g/mol. The van der Waals surface area contributed by atoms with Gasteiger partial charge in [-0.25, -0.2) is 4.79 Å². The maximum Gasteiger partial charge on any atom is 0.337 e. The van der Waals surface area contributed by atoms with E-state index in [0.29, 0.717) is 31.0 Å². The molecule has 0 spiro atoms. The second kappa shape index (κ2) is 6.38. The van der Waals surface area contributed by atoms with Crippen LogP contribution in [0.3, 0.4) is 0 Å². The Morgan fingerprint density at radius 3 is 2.65 bits per heavy atom. The molecule has 6 heteroatoms. The minimum Gasteiger partial charge on any atom is -0.478 e. The van der Waals surface area contributed by atoms with Gasteiger partial charge in [0, 0.05) is 30.5 Å². The van der Waals surface area contributed by atoms with E-state index in [1.54, 1.807) is 23.2 Å². The smallest absolute Gasteiger partial charge is 0.337 e. The van der Waals surface area contributed by atoms with Crippen molar-refractivity contribution in [3.05, 3.63) is 63.9 Å². The molecule has 2 heterocycles. The van der Waals surface area contributed by atoms with E-state index in [4.69, 9.17) is 11.6 Å². The van der Waals surface area contributed by atoms with E-state index in [1.807, 2.05) is 12.1 Å². The Labute approximate surface area is 138 Å². The molecule has 0 saturated carbocycles. The number of pyridine rings is 1. The molecule has 0 unspecified atom stereocenters. The Bertz CT molecular complexity index is 759. The lowest BCUT2D eigenvalue weighted by molar-refractivity contribution is -0.131. The quantitative estimate of drug-likeness (QED) is 0.939. The molecule has 118 valence electrons. The van der Waals surface area contributed by atoms with E-state index in [0.717, 1.165) is 16.7 Å². The highest BCUT2D eigenvalue weighted by Gasteiger charge is 2.24. The maximum absolute atomic E-state index is 12.4. The molecule has 0 bridgehead atoms. The number of benzene rings is 1. The molecule has 1 aliphatic rings. The molecule has 1 N–H and O–H groups in total. The Kier molecular flexibility index (Phi) is 4.30. The Morgan fingerprint density at radius 2 is 1.96 bits per heavy atom. The van der Waals surface area contributed by atoms with Crippen molar-refractivity contribution >= 4 is 23.5 Å². The van der Waals surface area contributed by atoms with Gasteiger partial charge in [-0.15, -0.1) is 0 Å². The van der Waals surface area contributed by atoms with E-state index >= 15 is 0 Å². The number of aromatic carboxylic acids is 1. The molecule has 1 aliphatic heterocycles. The number of rotatable bonds is 3. The molecule has 0 aliphatic carbocycles. The summed E-state index contributed by atoms with van der Waals surface area (Å²) in [7, 11) is 0. The molecule has 1 aromatic carbocycles. The normalized spacial score (nSPS) is 13.5. The van der Waals surface area contributed by atoms with Crippen molar-refractivity contribution in [3.8, 4) is 0 Å². The monoisotopic (exact) mass is 330 g/mol. The molecule has 0 fully saturated rings. The fourth-order valence-corrected chi connectivity index (χ4v) is 2.91. The fraction of sp³-hybridized carbons (Fsp3) is 0.235. The fourth-order valence-electron chi connectivity index (χ4n) is 2.78. The SMILES string of the molecule is O=C(O)c1cncc2c1CCN(C(=O)Cc1ccc(Cl)cc1)C2. The zero-order valence-corrected chi connectivity index (χ0v) is 13.1. The highest BCUT2D eigenvalue weighted by atomic mass is 35.5. The van der Waals surface area contributed by atoms with Gasteiger partial charge in [0.25, 0.3) is 0 Å². The summed E-state index contributed by atoms with van der Waals surface area (Å²) in [5, 5.41) is 9.84. The van der Waals surface area contributed by atoms with Crippen LogP contribution in [0.2, 0.25) is 5.02 Å². The van der Waals surface area contributed by atoms with E-state index in [-0.39, 0.29) is 11.5 Å². The number of carboxylic acids is 1. The Balaban J connectivity index is 1.74. The number of carbonyl (C=O) groups excluding carboxylic acids is 1. The van der Waals surface area contributed by atoms with Crippen molar-refractivity contribution in [2.24, 2.45) is 0 Å². The molecule has 5 nitrogen and oxygen atoms in total. The average molecular weight is 331 g/mol. The molecule has 2 aromatic rings. The maximum atomic E-state index is 12.4. The molecule has 0 saturated heterocycles. The van der Waals surface area contributed by atoms with Crippen molar-refractivity contribution < 1.29 is 14.7 Å². The van der Waals surface area contributed by atoms with Crippen LogP contribution < -0.4 is 0 Å². The number of aromatic nitrogens is 1. The van der Waals surface area contributed by atoms with Crippen molar-refractivity contribution in [1.82, 2.24) is 9.88 Å². The Morgan fingerprint density at radius 1 is 1.22 bits per heavy atom. The summed E-state index contributed by atoms with van der Waals surface area (Å²) in [5.41, 5.74) is 2.72. The predicted molar refractivity (Wildman–Crippen MR) is 85.5 cm³/mol. The molecule has 1 aromatic heterocycles. The van der Waals surface area contributed by atoms with Gasteiger partial charge in [-0.3, -0.25) is 9.78 Å². The van der Waals surface area contributed by atoms with E-state index in [1.165, 1.54) is 6.20 Å². The van der Waals surface area contributed by atoms with Crippen LogP contribution in [0.4, 0.5) is 0 Å². The standard InChI is InChI=1S/C17H15ClN2O3/c18-13-3-1-11(2-4-13)7-16(21)20-6-5-14-12(10-20)8-19-9-15(14)17(22)23/h1-4,8-9H,5-7,10H2,(H,22,23). The third-order valence-corrected chi connectivity index (χ3v) is 4.24. The summed E-state index contributed by atoms with van der Waals surface area (Å²) in [5.74, 6) is -0.964. The zero-order valence-electron chi connectivity index (χ0n) is 12.3. The number of carbonyl (C=O) groups is 2. The minimum atomic E-state index is -0.977. The first-order chi connectivity index (χ1) is 11.0. The number of nitrogens with zero attached hydrogens (tertiary/aromatic N) is 2. The summed E-state index contributed by atoms with van der Waals surface area (Å²) < 4.78 is 0. The summed E-state index contributed by atoms with van der Waals surface area (Å²) in [6, 6.07) is 7.20. The zero-order chi connectivity index (χ0) is 16.4. The van der Waals surface area contributed by atoms with Gasteiger partial charge in [0.05, 0.1) is 12.0 Å². The molecule has 3 rings (SSSR count). The van der Waals surface area contributed by atoms with E-state index in [2.05, 4.69) is 4.98 Å².